The molecule has 2 rings (SSSR count). The van der Waals surface area contributed by atoms with E-state index in [0.717, 1.165) is 0 Å². The first-order chi connectivity index (χ1) is 9.59. The number of anilines is 1. The lowest BCUT2D eigenvalue weighted by atomic mass is 9.93. The Kier molecular flexibility index (Phi) is 3.63. The minimum Gasteiger partial charge on any atom is -0.761 e. The van der Waals surface area contributed by atoms with Crippen molar-refractivity contribution in [2.75, 3.05) is 5.48 Å². The number of sulfonamides is 1. The molecule has 0 amide bonds. The van der Waals surface area contributed by atoms with Gasteiger partial charge < -0.3 is 20.2 Å². The summed E-state index contributed by atoms with van der Waals surface area (Å²) in [4.78, 5) is 0. The first-order valence-corrected chi connectivity index (χ1v) is 7.73. The number of hydrogen-bond donors (Lipinski definition) is 1. The number of nitrogens with zero attached hydrogens (tertiary/aromatic N) is 1. The van der Waals surface area contributed by atoms with E-state index in [4.69, 9.17) is 9.47 Å². The van der Waals surface area contributed by atoms with E-state index in [1.54, 1.807) is 33.2 Å². The predicted octanol–water partition coefficient (Wildman–Crippen LogP) is 2.25. The minimum atomic E-state index is -3.78. The molecule has 1 aliphatic heterocycles. The Morgan fingerprint density at radius 3 is 2.24 bits per heavy atom. The number of ether oxygens (including phenoxy) is 2. The fraction of sp³-hybridized carbons (Fsp3) is 0.462. The summed E-state index contributed by atoms with van der Waals surface area (Å²) in [6, 6.07) is 6.00. The molecule has 0 atom stereocenters. The molecular weight excluding hydrogens is 296 g/mol. The molecule has 0 aromatic heterocycles. The fourth-order valence-corrected chi connectivity index (χ4v) is 2.78. The van der Waals surface area contributed by atoms with Crippen LogP contribution in [0.25, 0.3) is 0 Å². The van der Waals surface area contributed by atoms with Crippen LogP contribution >= 0.6 is 0 Å². The Labute approximate surface area is 123 Å². The molecule has 1 aromatic carbocycles. The average molecular weight is 313 g/mol. The van der Waals surface area contributed by atoms with Crippen molar-refractivity contribution in [1.82, 2.24) is 0 Å². The van der Waals surface area contributed by atoms with Gasteiger partial charge in [-0.25, -0.2) is 8.42 Å². The molecule has 1 aliphatic rings. The predicted molar refractivity (Wildman–Crippen MR) is 79.7 cm³/mol. The Morgan fingerprint density at radius 2 is 1.76 bits per heavy atom. The molecule has 0 aliphatic carbocycles. The number of benzene rings is 1. The van der Waals surface area contributed by atoms with Gasteiger partial charge in [-0.05, 0) is 52.0 Å². The van der Waals surface area contributed by atoms with E-state index in [1.807, 2.05) is 0 Å². The van der Waals surface area contributed by atoms with Crippen molar-refractivity contribution in [2.45, 2.75) is 38.0 Å². The largest absolute Gasteiger partial charge is 0.761 e. The second-order valence-corrected chi connectivity index (χ2v) is 7.84. The van der Waals surface area contributed by atoms with Crippen LogP contribution in [0.3, 0.4) is 0 Å². The van der Waals surface area contributed by atoms with Crippen molar-refractivity contribution < 1.29 is 17.9 Å². The van der Waals surface area contributed by atoms with Crippen LogP contribution in [0.5, 0.6) is 5.75 Å². The Hall–Kier alpha value is -1.80. The van der Waals surface area contributed by atoms with Gasteiger partial charge in [0, 0.05) is 5.69 Å². The second kappa shape index (κ2) is 4.88. The first-order valence-electron chi connectivity index (χ1n) is 6.29. The van der Waals surface area contributed by atoms with Crippen molar-refractivity contribution in [3.8, 4) is 5.75 Å². The Balaban J connectivity index is 2.31. The molecule has 1 heterocycles. The van der Waals surface area contributed by atoms with E-state index in [1.165, 1.54) is 24.3 Å². The van der Waals surface area contributed by atoms with Gasteiger partial charge in [0.25, 0.3) is 10.0 Å². The summed E-state index contributed by atoms with van der Waals surface area (Å²) < 4.78 is 37.7. The van der Waals surface area contributed by atoms with Crippen molar-refractivity contribution >= 4 is 21.8 Å². The molecule has 1 aromatic rings. The number of hydrogen-bond acceptors (Lipinski definition) is 6. The molecule has 1 N–H and O–H groups in total. The summed E-state index contributed by atoms with van der Waals surface area (Å²) in [5.41, 5.74) is 1.10. The topological polar surface area (TPSA) is 100 Å². The van der Waals surface area contributed by atoms with Crippen LogP contribution < -0.4 is 10.2 Å². The van der Waals surface area contributed by atoms with Gasteiger partial charge >= 0.3 is 6.08 Å². The minimum absolute atomic E-state index is 0.318. The van der Waals surface area contributed by atoms with Crippen molar-refractivity contribution in [2.24, 2.45) is 4.40 Å². The molecule has 0 spiro atoms. The maximum atomic E-state index is 12.2. The highest BCUT2D eigenvalue weighted by Crippen LogP contribution is 2.38. The highest BCUT2D eigenvalue weighted by molar-refractivity contribution is 7.91. The first kappa shape index (κ1) is 15.6. The highest BCUT2D eigenvalue weighted by Gasteiger charge is 2.54. The smallest absolute Gasteiger partial charge is 0.405 e. The van der Waals surface area contributed by atoms with E-state index in [-0.39, 0.29) is 6.08 Å². The summed E-state index contributed by atoms with van der Waals surface area (Å²) in [7, 11) is -3.78. The molecular formula is C13H17N2O5S-. The third-order valence-electron chi connectivity index (χ3n) is 3.81. The lowest BCUT2D eigenvalue weighted by Gasteiger charge is -2.41. The summed E-state index contributed by atoms with van der Waals surface area (Å²) in [5.74, 6) is 0.318. The van der Waals surface area contributed by atoms with E-state index in [0.29, 0.717) is 11.4 Å². The van der Waals surface area contributed by atoms with Gasteiger partial charge in [-0.3, -0.25) is 0 Å². The molecule has 0 radical (unpaired) electrons. The molecule has 8 heteroatoms. The standard InChI is InChI=1S/C13H17N2O5S/c1-12(2)13(3,4)21(17,18)15-11(20-12)19-10-7-5-9(14-16)6-8-10/h5-8,14H,1-4H3/q-1. The van der Waals surface area contributed by atoms with E-state index in [2.05, 4.69) is 4.40 Å². The quantitative estimate of drug-likeness (QED) is 0.840. The van der Waals surface area contributed by atoms with Gasteiger partial charge in [0.15, 0.2) is 0 Å². The van der Waals surface area contributed by atoms with Gasteiger partial charge in [-0.15, -0.1) is 0 Å². The van der Waals surface area contributed by atoms with E-state index >= 15 is 0 Å². The van der Waals surface area contributed by atoms with E-state index < -0.39 is 20.4 Å². The molecule has 0 unspecified atom stereocenters. The van der Waals surface area contributed by atoms with Gasteiger partial charge in [-0.1, -0.05) is 4.40 Å². The van der Waals surface area contributed by atoms with Crippen molar-refractivity contribution in [3.05, 3.63) is 29.5 Å². The lowest BCUT2D eigenvalue weighted by Crippen LogP contribution is -2.56. The molecule has 0 bridgehead atoms. The summed E-state index contributed by atoms with van der Waals surface area (Å²) in [5, 5.41) is 10.5. The zero-order valence-electron chi connectivity index (χ0n) is 12.2. The number of nitrogens with one attached hydrogen (secondary N) is 1. The number of rotatable bonds is 2. The third kappa shape index (κ3) is 2.68. The maximum Gasteiger partial charge on any atom is 0.405 e. The third-order valence-corrected chi connectivity index (χ3v) is 5.98. The average Bonchev–Trinajstić information content (AvgIpc) is 2.36. The zero-order chi connectivity index (χ0) is 15.9. The van der Waals surface area contributed by atoms with Crippen LogP contribution in [0.4, 0.5) is 5.69 Å². The van der Waals surface area contributed by atoms with Gasteiger partial charge in [0.05, 0.1) is 0 Å². The van der Waals surface area contributed by atoms with Gasteiger partial charge in [0.2, 0.25) is 0 Å². The van der Waals surface area contributed by atoms with Crippen LogP contribution in [0.15, 0.2) is 28.7 Å². The van der Waals surface area contributed by atoms with Crippen LogP contribution in [-0.4, -0.2) is 24.8 Å². The van der Waals surface area contributed by atoms with E-state index in [9.17, 15) is 13.6 Å². The molecule has 7 nitrogen and oxygen atoms in total. The summed E-state index contributed by atoms with van der Waals surface area (Å²) >= 11 is 0. The van der Waals surface area contributed by atoms with Crippen LogP contribution in [-0.2, 0) is 14.8 Å². The zero-order valence-corrected chi connectivity index (χ0v) is 13.0. The maximum absolute atomic E-state index is 12.2. The molecule has 116 valence electrons. The van der Waals surface area contributed by atoms with Crippen LogP contribution in [0.2, 0.25) is 0 Å². The highest BCUT2D eigenvalue weighted by atomic mass is 32.2. The summed E-state index contributed by atoms with van der Waals surface area (Å²) in [6.45, 7) is 6.43. The van der Waals surface area contributed by atoms with Crippen LogP contribution in [0.1, 0.15) is 27.7 Å². The lowest BCUT2D eigenvalue weighted by molar-refractivity contribution is 0.0309. The van der Waals surface area contributed by atoms with Crippen molar-refractivity contribution in [3.63, 3.8) is 0 Å². The second-order valence-electron chi connectivity index (χ2n) is 5.68. The normalized spacial score (nSPS) is 21.9. The van der Waals surface area contributed by atoms with Gasteiger partial charge in [0.1, 0.15) is 16.1 Å². The van der Waals surface area contributed by atoms with Crippen LogP contribution in [0, 0.1) is 5.21 Å². The SMILES string of the molecule is CC1(C)OC(Oc2ccc(N[O-])cc2)=NS(=O)(=O)C1(C)C. The Morgan fingerprint density at radius 1 is 1.19 bits per heavy atom. The Bertz CT molecular complexity index is 662. The van der Waals surface area contributed by atoms with Crippen molar-refractivity contribution in [1.29, 1.82) is 0 Å². The molecule has 21 heavy (non-hydrogen) atoms. The van der Waals surface area contributed by atoms with Gasteiger partial charge in [-0.2, -0.15) is 0 Å². The monoisotopic (exact) mass is 313 g/mol. The molecule has 0 saturated heterocycles. The fourth-order valence-electron chi connectivity index (χ4n) is 1.61. The molecule has 0 saturated carbocycles. The molecule has 0 fully saturated rings. The summed E-state index contributed by atoms with van der Waals surface area (Å²) in [6.07, 6.45) is -0.331.